The van der Waals surface area contributed by atoms with Crippen molar-refractivity contribution in [2.24, 2.45) is 0 Å². The third-order valence-electron chi connectivity index (χ3n) is 2.34. The van der Waals surface area contributed by atoms with Gasteiger partial charge in [-0.2, -0.15) is 0 Å². The number of ether oxygens (including phenoxy) is 1. The van der Waals surface area contributed by atoms with Gasteiger partial charge in [-0.25, -0.2) is 4.79 Å². The standard InChI is InChI=1S/C11H11BrO3/c12-8-3-4-9(7-1-2-7)10(5-8)15-6-11(13)14/h3-5,7H,1-2,6H2,(H,13,14). The summed E-state index contributed by atoms with van der Waals surface area (Å²) in [6.07, 6.45) is 2.34. The Morgan fingerprint density at radius 3 is 2.87 bits per heavy atom. The fourth-order valence-electron chi connectivity index (χ4n) is 1.50. The van der Waals surface area contributed by atoms with E-state index in [1.54, 1.807) is 0 Å². The monoisotopic (exact) mass is 270 g/mol. The van der Waals surface area contributed by atoms with Crippen LogP contribution in [0.2, 0.25) is 0 Å². The number of halogens is 1. The highest BCUT2D eigenvalue weighted by Gasteiger charge is 2.26. The lowest BCUT2D eigenvalue weighted by Gasteiger charge is -2.09. The molecule has 0 aromatic heterocycles. The Balaban J connectivity index is 2.18. The molecule has 0 atom stereocenters. The third kappa shape index (κ3) is 2.72. The van der Waals surface area contributed by atoms with Crippen molar-refractivity contribution in [3.05, 3.63) is 28.2 Å². The van der Waals surface area contributed by atoms with Crippen molar-refractivity contribution in [2.75, 3.05) is 6.61 Å². The van der Waals surface area contributed by atoms with E-state index < -0.39 is 5.97 Å². The lowest BCUT2D eigenvalue weighted by Crippen LogP contribution is -2.10. The Labute approximate surface area is 96.2 Å². The highest BCUT2D eigenvalue weighted by Crippen LogP contribution is 2.44. The summed E-state index contributed by atoms with van der Waals surface area (Å²) in [6.45, 7) is -0.282. The highest BCUT2D eigenvalue weighted by atomic mass is 79.9. The minimum Gasteiger partial charge on any atom is -0.482 e. The zero-order valence-electron chi connectivity index (χ0n) is 8.07. The van der Waals surface area contributed by atoms with E-state index in [2.05, 4.69) is 15.9 Å². The summed E-state index contributed by atoms with van der Waals surface area (Å²) >= 11 is 3.35. The molecule has 0 radical (unpaired) electrons. The van der Waals surface area contributed by atoms with Gasteiger partial charge in [-0.05, 0) is 36.5 Å². The third-order valence-corrected chi connectivity index (χ3v) is 2.84. The number of aliphatic carboxylic acids is 1. The maximum Gasteiger partial charge on any atom is 0.341 e. The summed E-state index contributed by atoms with van der Waals surface area (Å²) in [7, 11) is 0. The molecule has 0 saturated heterocycles. The molecule has 1 aromatic rings. The summed E-state index contributed by atoms with van der Waals surface area (Å²) < 4.78 is 6.16. The van der Waals surface area contributed by atoms with Crippen molar-refractivity contribution >= 4 is 21.9 Å². The number of hydrogen-bond donors (Lipinski definition) is 1. The van der Waals surface area contributed by atoms with E-state index in [9.17, 15) is 4.79 Å². The number of rotatable bonds is 4. The van der Waals surface area contributed by atoms with E-state index in [1.807, 2.05) is 18.2 Å². The number of benzene rings is 1. The number of carbonyl (C=O) groups is 1. The second-order valence-electron chi connectivity index (χ2n) is 3.64. The van der Waals surface area contributed by atoms with E-state index in [1.165, 1.54) is 12.8 Å². The van der Waals surface area contributed by atoms with Gasteiger partial charge in [-0.1, -0.05) is 22.0 Å². The first kappa shape index (κ1) is 10.5. The molecule has 0 spiro atoms. The Kier molecular flexibility index (Phi) is 2.95. The molecular weight excluding hydrogens is 260 g/mol. The molecule has 1 N–H and O–H groups in total. The Hall–Kier alpha value is -1.03. The molecule has 15 heavy (non-hydrogen) atoms. The van der Waals surface area contributed by atoms with Crippen LogP contribution in [0.5, 0.6) is 5.75 Å². The van der Waals surface area contributed by atoms with E-state index in [0.29, 0.717) is 11.7 Å². The van der Waals surface area contributed by atoms with E-state index in [-0.39, 0.29) is 6.61 Å². The maximum atomic E-state index is 10.4. The van der Waals surface area contributed by atoms with Gasteiger partial charge >= 0.3 is 5.97 Å². The van der Waals surface area contributed by atoms with Crippen LogP contribution in [0.1, 0.15) is 24.3 Å². The smallest absolute Gasteiger partial charge is 0.341 e. The molecule has 1 fully saturated rings. The number of carboxylic acid groups (broad SMARTS) is 1. The lowest BCUT2D eigenvalue weighted by molar-refractivity contribution is -0.139. The summed E-state index contributed by atoms with van der Waals surface area (Å²) in [5.74, 6) is 0.299. The van der Waals surface area contributed by atoms with Crippen LogP contribution >= 0.6 is 15.9 Å². The summed E-state index contributed by atoms with van der Waals surface area (Å²) in [4.78, 5) is 10.4. The van der Waals surface area contributed by atoms with Crippen LogP contribution in [0.25, 0.3) is 0 Å². The first-order chi connectivity index (χ1) is 7.16. The van der Waals surface area contributed by atoms with Gasteiger partial charge in [0.15, 0.2) is 6.61 Å². The van der Waals surface area contributed by atoms with E-state index in [4.69, 9.17) is 9.84 Å². The van der Waals surface area contributed by atoms with Crippen LogP contribution in [-0.2, 0) is 4.79 Å². The van der Waals surface area contributed by atoms with E-state index in [0.717, 1.165) is 10.0 Å². The second kappa shape index (κ2) is 4.23. The molecule has 4 heteroatoms. The Morgan fingerprint density at radius 2 is 2.27 bits per heavy atom. The molecule has 0 aliphatic heterocycles. The SMILES string of the molecule is O=C(O)COc1cc(Br)ccc1C1CC1. The number of carboxylic acids is 1. The molecule has 0 unspecified atom stereocenters. The van der Waals surface area contributed by atoms with Crippen molar-refractivity contribution in [3.8, 4) is 5.75 Å². The van der Waals surface area contributed by atoms with Gasteiger partial charge in [0.1, 0.15) is 5.75 Å². The molecule has 1 aliphatic carbocycles. The number of hydrogen-bond acceptors (Lipinski definition) is 2. The molecule has 3 nitrogen and oxygen atoms in total. The fourth-order valence-corrected chi connectivity index (χ4v) is 1.84. The van der Waals surface area contributed by atoms with Crippen LogP contribution in [-0.4, -0.2) is 17.7 Å². The first-order valence-electron chi connectivity index (χ1n) is 4.81. The normalized spacial score (nSPS) is 15.0. The molecule has 1 aromatic carbocycles. The average molecular weight is 271 g/mol. The molecule has 1 saturated carbocycles. The minimum atomic E-state index is -0.947. The van der Waals surface area contributed by atoms with Crippen LogP contribution in [0, 0.1) is 0 Å². The van der Waals surface area contributed by atoms with Crippen LogP contribution in [0.3, 0.4) is 0 Å². The first-order valence-corrected chi connectivity index (χ1v) is 5.60. The van der Waals surface area contributed by atoms with Crippen molar-refractivity contribution < 1.29 is 14.6 Å². The van der Waals surface area contributed by atoms with Crippen molar-refractivity contribution in [3.63, 3.8) is 0 Å². The predicted octanol–water partition coefficient (Wildman–Crippen LogP) is 2.79. The zero-order valence-corrected chi connectivity index (χ0v) is 9.66. The van der Waals surface area contributed by atoms with E-state index >= 15 is 0 Å². The highest BCUT2D eigenvalue weighted by molar-refractivity contribution is 9.10. The Morgan fingerprint density at radius 1 is 1.53 bits per heavy atom. The van der Waals surface area contributed by atoms with Gasteiger partial charge in [0, 0.05) is 4.47 Å². The van der Waals surface area contributed by atoms with Crippen LogP contribution in [0.15, 0.2) is 22.7 Å². The second-order valence-corrected chi connectivity index (χ2v) is 4.55. The van der Waals surface area contributed by atoms with Crippen LogP contribution in [0.4, 0.5) is 0 Å². The molecule has 2 rings (SSSR count). The van der Waals surface area contributed by atoms with Gasteiger partial charge in [0.2, 0.25) is 0 Å². The summed E-state index contributed by atoms with van der Waals surface area (Å²) in [5, 5.41) is 8.55. The summed E-state index contributed by atoms with van der Waals surface area (Å²) in [6, 6.07) is 5.79. The van der Waals surface area contributed by atoms with Gasteiger partial charge in [-0.3, -0.25) is 0 Å². The molecule has 0 bridgehead atoms. The van der Waals surface area contributed by atoms with Gasteiger partial charge in [0.25, 0.3) is 0 Å². The van der Waals surface area contributed by atoms with Gasteiger partial charge in [0.05, 0.1) is 0 Å². The van der Waals surface area contributed by atoms with Gasteiger partial charge in [-0.15, -0.1) is 0 Å². The quantitative estimate of drug-likeness (QED) is 0.915. The molecule has 0 heterocycles. The molecule has 80 valence electrons. The van der Waals surface area contributed by atoms with Crippen molar-refractivity contribution in [1.29, 1.82) is 0 Å². The fraction of sp³-hybridized carbons (Fsp3) is 0.364. The molecule has 1 aliphatic rings. The predicted molar refractivity (Wildman–Crippen MR) is 59.2 cm³/mol. The largest absolute Gasteiger partial charge is 0.482 e. The van der Waals surface area contributed by atoms with Crippen molar-refractivity contribution in [2.45, 2.75) is 18.8 Å². The zero-order chi connectivity index (χ0) is 10.8. The minimum absolute atomic E-state index is 0.282. The molecule has 0 amide bonds. The maximum absolute atomic E-state index is 10.4. The van der Waals surface area contributed by atoms with Crippen molar-refractivity contribution in [1.82, 2.24) is 0 Å². The topological polar surface area (TPSA) is 46.5 Å². The summed E-state index contributed by atoms with van der Waals surface area (Å²) in [5.41, 5.74) is 1.12. The average Bonchev–Trinajstić information content (AvgIpc) is 2.98. The van der Waals surface area contributed by atoms with Crippen LogP contribution < -0.4 is 4.74 Å². The molecular formula is C11H11BrO3. The lowest BCUT2D eigenvalue weighted by atomic mass is 10.1. The van der Waals surface area contributed by atoms with Gasteiger partial charge < -0.3 is 9.84 Å². The Bertz CT molecular complexity index is 385.